The van der Waals surface area contributed by atoms with Crippen LogP contribution >= 0.6 is 7.60 Å². The number of hydrogen-bond donors (Lipinski definition) is 1. The SMILES string of the molecule is COP(=O)(OC)[C@@H](O)[C@H]1CC=CCC1. The van der Waals surface area contributed by atoms with Crippen LogP contribution in [0.15, 0.2) is 12.2 Å². The second kappa shape index (κ2) is 5.08. The van der Waals surface area contributed by atoms with E-state index in [1.54, 1.807) is 0 Å². The molecule has 0 spiro atoms. The highest BCUT2D eigenvalue weighted by Crippen LogP contribution is 2.54. The third-order valence-electron chi connectivity index (χ3n) is 2.56. The molecule has 1 aliphatic carbocycles. The smallest absolute Gasteiger partial charge is 0.358 e. The van der Waals surface area contributed by atoms with Crippen molar-refractivity contribution in [1.82, 2.24) is 0 Å². The maximum atomic E-state index is 11.8. The Balaban J connectivity index is 2.67. The van der Waals surface area contributed by atoms with Crippen molar-refractivity contribution in [1.29, 1.82) is 0 Å². The summed E-state index contributed by atoms with van der Waals surface area (Å²) in [6, 6.07) is 0. The van der Waals surface area contributed by atoms with Gasteiger partial charge in [0.15, 0.2) is 5.85 Å². The number of allylic oxidation sites excluding steroid dienone is 2. The van der Waals surface area contributed by atoms with Gasteiger partial charge in [-0.25, -0.2) is 0 Å². The normalized spacial score (nSPS) is 24.9. The highest BCUT2D eigenvalue weighted by Gasteiger charge is 2.38. The molecule has 0 amide bonds. The molecule has 0 aromatic rings. The zero-order valence-electron chi connectivity index (χ0n) is 8.55. The van der Waals surface area contributed by atoms with Crippen molar-refractivity contribution >= 4 is 7.60 Å². The summed E-state index contributed by atoms with van der Waals surface area (Å²) in [5, 5.41) is 9.85. The Morgan fingerprint density at radius 3 is 2.50 bits per heavy atom. The molecule has 5 heteroatoms. The second-order valence-electron chi connectivity index (χ2n) is 3.36. The molecule has 0 aromatic heterocycles. The van der Waals surface area contributed by atoms with Crippen molar-refractivity contribution in [3.63, 3.8) is 0 Å². The van der Waals surface area contributed by atoms with Crippen LogP contribution in [-0.2, 0) is 13.6 Å². The van der Waals surface area contributed by atoms with E-state index in [0.29, 0.717) is 0 Å². The maximum absolute atomic E-state index is 11.8. The van der Waals surface area contributed by atoms with Crippen LogP contribution in [0.2, 0.25) is 0 Å². The molecular weight excluding hydrogens is 203 g/mol. The Labute approximate surface area is 84.4 Å². The van der Waals surface area contributed by atoms with Crippen molar-refractivity contribution in [2.75, 3.05) is 14.2 Å². The molecule has 1 rings (SSSR count). The maximum Gasteiger partial charge on any atom is 0.358 e. The zero-order valence-corrected chi connectivity index (χ0v) is 9.44. The van der Waals surface area contributed by atoms with Gasteiger partial charge in [0.05, 0.1) is 0 Å². The van der Waals surface area contributed by atoms with Crippen molar-refractivity contribution in [3.05, 3.63) is 12.2 Å². The fraction of sp³-hybridized carbons (Fsp3) is 0.778. The highest BCUT2D eigenvalue weighted by atomic mass is 31.2. The van der Waals surface area contributed by atoms with E-state index in [4.69, 9.17) is 9.05 Å². The number of aliphatic hydroxyl groups excluding tert-OH is 1. The summed E-state index contributed by atoms with van der Waals surface area (Å²) in [6.07, 6.45) is 6.53. The van der Waals surface area contributed by atoms with Crippen LogP contribution in [0.5, 0.6) is 0 Å². The minimum Gasteiger partial charge on any atom is -0.380 e. The van der Waals surface area contributed by atoms with Crippen molar-refractivity contribution in [3.8, 4) is 0 Å². The van der Waals surface area contributed by atoms with Gasteiger partial charge in [0, 0.05) is 20.1 Å². The van der Waals surface area contributed by atoms with Crippen LogP contribution in [-0.4, -0.2) is 25.2 Å². The van der Waals surface area contributed by atoms with Crippen molar-refractivity contribution < 1.29 is 18.7 Å². The molecule has 0 aliphatic heterocycles. The Bertz CT molecular complexity index is 243. The standard InChI is InChI=1S/C9H17O4P/c1-12-14(11,13-2)9(10)8-6-4-3-5-7-8/h3-4,8-10H,5-7H2,1-2H3/t8-,9+/m0/s1. The molecule has 82 valence electrons. The van der Waals surface area contributed by atoms with Crippen molar-refractivity contribution in [2.45, 2.75) is 25.1 Å². The van der Waals surface area contributed by atoms with Gasteiger partial charge in [0.1, 0.15) is 0 Å². The molecule has 0 radical (unpaired) electrons. The van der Waals surface area contributed by atoms with Gasteiger partial charge in [-0.1, -0.05) is 12.2 Å². The van der Waals surface area contributed by atoms with E-state index in [9.17, 15) is 9.67 Å². The summed E-state index contributed by atoms with van der Waals surface area (Å²) < 4.78 is 21.4. The topological polar surface area (TPSA) is 55.8 Å². The number of rotatable bonds is 4. The van der Waals surface area contributed by atoms with Crippen molar-refractivity contribution in [2.24, 2.45) is 5.92 Å². The lowest BCUT2D eigenvalue weighted by molar-refractivity contribution is 0.123. The van der Waals surface area contributed by atoms with Crippen LogP contribution in [0, 0.1) is 5.92 Å². The third kappa shape index (κ3) is 2.45. The van der Waals surface area contributed by atoms with Crippen LogP contribution in [0.1, 0.15) is 19.3 Å². The first kappa shape index (κ1) is 11.9. The molecule has 0 saturated carbocycles. The van der Waals surface area contributed by atoms with Crippen LogP contribution in [0.25, 0.3) is 0 Å². The lowest BCUT2D eigenvalue weighted by Gasteiger charge is -2.27. The summed E-state index contributed by atoms with van der Waals surface area (Å²) in [5.74, 6) is -1.03. The first-order valence-electron chi connectivity index (χ1n) is 4.68. The van der Waals surface area contributed by atoms with E-state index in [1.165, 1.54) is 14.2 Å². The lowest BCUT2D eigenvalue weighted by atomic mass is 9.95. The first-order chi connectivity index (χ1) is 6.64. The van der Waals surface area contributed by atoms with E-state index < -0.39 is 13.4 Å². The van der Waals surface area contributed by atoms with E-state index in [2.05, 4.69) is 6.08 Å². The molecule has 4 nitrogen and oxygen atoms in total. The van der Waals surface area contributed by atoms with Gasteiger partial charge in [-0.3, -0.25) is 4.57 Å². The monoisotopic (exact) mass is 220 g/mol. The predicted octanol–water partition coefficient (Wildman–Crippen LogP) is 2.15. The minimum absolute atomic E-state index is 0.0225. The van der Waals surface area contributed by atoms with Gasteiger partial charge < -0.3 is 14.2 Å². The van der Waals surface area contributed by atoms with Gasteiger partial charge in [0.25, 0.3) is 0 Å². The fourth-order valence-corrected chi connectivity index (χ4v) is 3.00. The van der Waals surface area contributed by atoms with Crippen LogP contribution in [0.4, 0.5) is 0 Å². The predicted molar refractivity (Wildman–Crippen MR) is 54.1 cm³/mol. The molecular formula is C9H17O4P. The average Bonchev–Trinajstić information content (AvgIpc) is 2.28. The zero-order chi connectivity index (χ0) is 10.6. The Kier molecular flexibility index (Phi) is 4.32. The highest BCUT2D eigenvalue weighted by molar-refractivity contribution is 7.54. The van der Waals surface area contributed by atoms with Gasteiger partial charge in [-0.05, 0) is 19.3 Å². The van der Waals surface area contributed by atoms with Crippen LogP contribution < -0.4 is 0 Å². The summed E-state index contributed by atoms with van der Waals surface area (Å²) in [7, 11) is -0.723. The average molecular weight is 220 g/mol. The molecule has 0 fully saturated rings. The molecule has 14 heavy (non-hydrogen) atoms. The Morgan fingerprint density at radius 1 is 1.43 bits per heavy atom. The quantitative estimate of drug-likeness (QED) is 0.582. The summed E-state index contributed by atoms with van der Waals surface area (Å²) in [6.45, 7) is 0. The fourth-order valence-electron chi connectivity index (χ4n) is 1.64. The molecule has 0 saturated heterocycles. The van der Waals surface area contributed by atoms with Gasteiger partial charge in [-0.15, -0.1) is 0 Å². The van der Waals surface area contributed by atoms with Gasteiger partial charge in [0.2, 0.25) is 0 Å². The minimum atomic E-state index is -3.32. The van der Waals surface area contributed by atoms with Gasteiger partial charge in [-0.2, -0.15) is 0 Å². The molecule has 0 bridgehead atoms. The second-order valence-corrected chi connectivity index (χ2v) is 5.70. The molecule has 0 aromatic carbocycles. The summed E-state index contributed by atoms with van der Waals surface area (Å²) in [5.41, 5.74) is 0. The largest absolute Gasteiger partial charge is 0.380 e. The number of hydrogen-bond acceptors (Lipinski definition) is 4. The van der Waals surface area contributed by atoms with E-state index >= 15 is 0 Å². The third-order valence-corrected chi connectivity index (χ3v) is 4.65. The molecule has 1 N–H and O–H groups in total. The van der Waals surface area contributed by atoms with E-state index in [1.807, 2.05) is 6.08 Å². The summed E-state index contributed by atoms with van der Waals surface area (Å²) in [4.78, 5) is 0. The van der Waals surface area contributed by atoms with E-state index in [0.717, 1.165) is 19.3 Å². The van der Waals surface area contributed by atoms with Crippen LogP contribution in [0.3, 0.4) is 0 Å². The summed E-state index contributed by atoms with van der Waals surface area (Å²) >= 11 is 0. The molecule has 0 unspecified atom stereocenters. The first-order valence-corrected chi connectivity index (χ1v) is 6.29. The molecule has 2 atom stereocenters. The molecule has 1 aliphatic rings. The van der Waals surface area contributed by atoms with Gasteiger partial charge >= 0.3 is 7.60 Å². The number of aliphatic hydroxyl groups is 1. The Morgan fingerprint density at radius 2 is 2.07 bits per heavy atom. The Hall–Kier alpha value is -0.150. The lowest BCUT2D eigenvalue weighted by Crippen LogP contribution is -2.22. The van der Waals surface area contributed by atoms with E-state index in [-0.39, 0.29) is 5.92 Å². The molecule has 0 heterocycles.